The van der Waals surface area contributed by atoms with Gasteiger partial charge in [-0.2, -0.15) is 0 Å². The molecule has 4 rings (SSSR count). The summed E-state index contributed by atoms with van der Waals surface area (Å²) in [5.41, 5.74) is 2.73. The van der Waals surface area contributed by atoms with Crippen LogP contribution in [0.1, 0.15) is 27.2 Å². The van der Waals surface area contributed by atoms with Gasteiger partial charge >= 0.3 is 0 Å². The van der Waals surface area contributed by atoms with Gasteiger partial charge in [0.05, 0.1) is 32.0 Å². The highest BCUT2D eigenvalue weighted by Gasteiger charge is 2.27. The van der Waals surface area contributed by atoms with Gasteiger partial charge in [0.1, 0.15) is 11.5 Å². The van der Waals surface area contributed by atoms with Crippen molar-refractivity contribution in [2.24, 2.45) is 7.05 Å². The van der Waals surface area contributed by atoms with Gasteiger partial charge in [-0.25, -0.2) is 4.98 Å². The number of amides is 1. The molecule has 0 fully saturated rings. The second kappa shape index (κ2) is 9.13. The summed E-state index contributed by atoms with van der Waals surface area (Å²) in [5.74, 6) is 1.65. The summed E-state index contributed by atoms with van der Waals surface area (Å²) in [6, 6.07) is 14.8. The number of para-hydroxylation sites is 1. The Morgan fingerprint density at radius 2 is 1.84 bits per heavy atom. The van der Waals surface area contributed by atoms with E-state index in [1.807, 2.05) is 36.4 Å². The maximum absolute atomic E-state index is 13.1. The first-order valence-electron chi connectivity index (χ1n) is 10.4. The van der Waals surface area contributed by atoms with Crippen LogP contribution in [0.3, 0.4) is 0 Å². The van der Waals surface area contributed by atoms with Crippen molar-refractivity contribution in [3.05, 3.63) is 81.3 Å². The van der Waals surface area contributed by atoms with Gasteiger partial charge in [-0.15, -0.1) is 0 Å². The maximum Gasteiger partial charge on any atom is 0.258 e. The fraction of sp³-hybridized carbons (Fsp3) is 0.292. The van der Waals surface area contributed by atoms with Gasteiger partial charge < -0.3 is 19.7 Å². The highest BCUT2D eigenvalue weighted by molar-refractivity contribution is 5.97. The molecule has 0 saturated carbocycles. The quantitative estimate of drug-likeness (QED) is 0.642. The van der Waals surface area contributed by atoms with Crippen LogP contribution in [0.4, 0.5) is 5.95 Å². The second-order valence-corrected chi connectivity index (χ2v) is 7.60. The molecule has 1 aliphatic rings. The van der Waals surface area contributed by atoms with E-state index in [1.54, 1.807) is 38.3 Å². The fourth-order valence-corrected chi connectivity index (χ4v) is 3.83. The van der Waals surface area contributed by atoms with Gasteiger partial charge in [0.15, 0.2) is 0 Å². The molecule has 0 unspecified atom stereocenters. The van der Waals surface area contributed by atoms with Crippen molar-refractivity contribution in [3.8, 4) is 11.5 Å². The highest BCUT2D eigenvalue weighted by Crippen LogP contribution is 2.23. The minimum atomic E-state index is -0.136. The zero-order valence-corrected chi connectivity index (χ0v) is 18.4. The van der Waals surface area contributed by atoms with Gasteiger partial charge in [0.25, 0.3) is 11.5 Å². The second-order valence-electron chi connectivity index (χ2n) is 7.60. The van der Waals surface area contributed by atoms with Crippen molar-refractivity contribution in [1.29, 1.82) is 0 Å². The lowest BCUT2D eigenvalue weighted by molar-refractivity contribution is 0.0727. The van der Waals surface area contributed by atoms with Gasteiger partial charge in [0, 0.05) is 25.7 Å². The van der Waals surface area contributed by atoms with Crippen LogP contribution in [-0.2, 0) is 26.6 Å². The lowest BCUT2D eigenvalue weighted by Crippen LogP contribution is -2.40. The Hall–Kier alpha value is -3.81. The van der Waals surface area contributed by atoms with Crippen LogP contribution in [0.5, 0.6) is 11.5 Å². The molecule has 0 atom stereocenters. The van der Waals surface area contributed by atoms with Crippen molar-refractivity contribution in [2.75, 3.05) is 26.1 Å². The van der Waals surface area contributed by atoms with E-state index in [1.165, 1.54) is 4.57 Å². The topological polar surface area (TPSA) is 85.7 Å². The molecule has 1 N–H and O–H groups in total. The summed E-state index contributed by atoms with van der Waals surface area (Å²) in [4.78, 5) is 32.4. The van der Waals surface area contributed by atoms with E-state index in [9.17, 15) is 9.59 Å². The first-order valence-corrected chi connectivity index (χ1v) is 10.4. The minimum absolute atomic E-state index is 0.0865. The van der Waals surface area contributed by atoms with E-state index < -0.39 is 0 Å². The zero-order valence-electron chi connectivity index (χ0n) is 18.4. The Balaban J connectivity index is 1.55. The van der Waals surface area contributed by atoms with Crippen LogP contribution in [0, 0.1) is 0 Å². The molecule has 1 aromatic heterocycles. The fourth-order valence-electron chi connectivity index (χ4n) is 3.83. The van der Waals surface area contributed by atoms with E-state index in [4.69, 9.17) is 14.5 Å². The molecule has 0 radical (unpaired) electrons. The monoisotopic (exact) mass is 434 g/mol. The largest absolute Gasteiger partial charge is 0.497 e. The number of aromatic nitrogens is 2. The summed E-state index contributed by atoms with van der Waals surface area (Å²) >= 11 is 0. The number of carbonyl (C=O) groups excluding carboxylic acids is 1. The number of anilines is 1. The van der Waals surface area contributed by atoms with Crippen molar-refractivity contribution in [2.45, 2.75) is 19.5 Å². The van der Waals surface area contributed by atoms with Crippen molar-refractivity contribution >= 4 is 11.9 Å². The lowest BCUT2D eigenvalue weighted by atomic mass is 10.0. The van der Waals surface area contributed by atoms with E-state index in [0.717, 1.165) is 11.3 Å². The molecule has 1 amide bonds. The molecule has 8 nitrogen and oxygen atoms in total. The van der Waals surface area contributed by atoms with Crippen LogP contribution in [-0.4, -0.2) is 41.1 Å². The maximum atomic E-state index is 13.1. The number of nitrogens with one attached hydrogen (secondary N) is 1. The van der Waals surface area contributed by atoms with Crippen LogP contribution < -0.4 is 20.3 Å². The predicted molar refractivity (Wildman–Crippen MR) is 121 cm³/mol. The molecule has 2 heterocycles. The summed E-state index contributed by atoms with van der Waals surface area (Å²) < 4.78 is 12.0. The number of benzene rings is 2. The summed E-state index contributed by atoms with van der Waals surface area (Å²) in [5, 5.41) is 3.24. The van der Waals surface area contributed by atoms with Gasteiger partial charge in [-0.05, 0) is 36.2 Å². The number of methoxy groups -OCH3 is 2. The molecule has 0 bridgehead atoms. The molecule has 3 aromatic rings. The normalized spacial score (nSPS) is 12.8. The Labute approximate surface area is 186 Å². The summed E-state index contributed by atoms with van der Waals surface area (Å²) in [6.07, 6.45) is 0.467. The Morgan fingerprint density at radius 3 is 2.56 bits per heavy atom. The third-order valence-corrected chi connectivity index (χ3v) is 5.68. The predicted octanol–water partition coefficient (Wildman–Crippen LogP) is 2.61. The standard InChI is InChI=1S/C24H26N4O4/c1-27-22(29)18-12-13-28(23(30)19-6-4-5-7-21(19)32-3)15-20(18)26-24(27)25-14-16-8-10-17(31-2)11-9-16/h4-11H,12-15H2,1-3H3,(H,25,26). The van der Waals surface area contributed by atoms with Crippen molar-refractivity contribution in [1.82, 2.24) is 14.5 Å². The molecule has 32 heavy (non-hydrogen) atoms. The Bertz CT molecular complexity index is 1190. The summed E-state index contributed by atoms with van der Waals surface area (Å²) in [6.45, 7) is 1.24. The van der Waals surface area contributed by atoms with Crippen LogP contribution in [0.2, 0.25) is 0 Å². The number of rotatable bonds is 6. The molecule has 0 spiro atoms. The molecule has 166 valence electrons. The van der Waals surface area contributed by atoms with Crippen molar-refractivity contribution < 1.29 is 14.3 Å². The molecular weight excluding hydrogens is 408 g/mol. The molecule has 0 aliphatic carbocycles. The van der Waals surface area contributed by atoms with Crippen LogP contribution in [0.25, 0.3) is 0 Å². The van der Waals surface area contributed by atoms with Crippen LogP contribution >= 0.6 is 0 Å². The zero-order chi connectivity index (χ0) is 22.7. The SMILES string of the molecule is COc1ccc(CNc2nc3c(c(=O)n2C)CCN(C(=O)c2ccccc2OC)C3)cc1. The van der Waals surface area contributed by atoms with E-state index in [0.29, 0.717) is 48.0 Å². The molecular formula is C24H26N4O4. The molecule has 1 aliphatic heterocycles. The number of ether oxygens (including phenoxy) is 2. The van der Waals surface area contributed by atoms with Gasteiger partial charge in [-0.1, -0.05) is 24.3 Å². The Kier molecular flexibility index (Phi) is 6.11. The number of hydrogen-bond acceptors (Lipinski definition) is 6. The van der Waals surface area contributed by atoms with E-state index in [2.05, 4.69) is 5.32 Å². The molecule has 2 aromatic carbocycles. The van der Waals surface area contributed by atoms with Gasteiger partial charge in [-0.3, -0.25) is 14.2 Å². The van der Waals surface area contributed by atoms with E-state index in [-0.39, 0.29) is 18.0 Å². The molecule has 0 saturated heterocycles. The number of carbonyl (C=O) groups is 1. The lowest BCUT2D eigenvalue weighted by Gasteiger charge is -2.29. The number of hydrogen-bond donors (Lipinski definition) is 1. The van der Waals surface area contributed by atoms with Crippen molar-refractivity contribution in [3.63, 3.8) is 0 Å². The first kappa shape index (κ1) is 21.4. The van der Waals surface area contributed by atoms with Crippen LogP contribution in [0.15, 0.2) is 53.3 Å². The smallest absolute Gasteiger partial charge is 0.258 e. The Morgan fingerprint density at radius 1 is 1.09 bits per heavy atom. The summed E-state index contributed by atoms with van der Waals surface area (Å²) in [7, 11) is 4.88. The highest BCUT2D eigenvalue weighted by atomic mass is 16.5. The van der Waals surface area contributed by atoms with E-state index >= 15 is 0 Å². The first-order chi connectivity index (χ1) is 15.5. The number of nitrogens with zero attached hydrogens (tertiary/aromatic N) is 3. The third kappa shape index (κ3) is 4.16. The average Bonchev–Trinajstić information content (AvgIpc) is 2.84. The number of fused-ring (bicyclic) bond motifs is 1. The average molecular weight is 434 g/mol. The third-order valence-electron chi connectivity index (χ3n) is 5.68. The van der Waals surface area contributed by atoms with Gasteiger partial charge in [0.2, 0.25) is 5.95 Å². The minimum Gasteiger partial charge on any atom is -0.497 e. The molecule has 8 heteroatoms.